The second-order valence-electron chi connectivity index (χ2n) is 5.03. The number of aliphatic hydroxyl groups is 1. The molecule has 0 amide bonds. The van der Waals surface area contributed by atoms with Gasteiger partial charge in [0.05, 0.1) is 23.2 Å². The van der Waals surface area contributed by atoms with E-state index in [0.29, 0.717) is 35.2 Å². The molecule has 2 rings (SSSR count). The summed E-state index contributed by atoms with van der Waals surface area (Å²) in [6.45, 7) is 1.38. The molecular weight excluding hydrogens is 401 g/mol. The zero-order valence-corrected chi connectivity index (χ0v) is 15.5. The number of aliphatic hydroxyl groups excluding tert-OH is 1. The van der Waals surface area contributed by atoms with Crippen LogP contribution in [0.1, 0.15) is 11.1 Å². The van der Waals surface area contributed by atoms with Crippen molar-refractivity contribution in [2.24, 2.45) is 0 Å². The van der Waals surface area contributed by atoms with E-state index >= 15 is 0 Å². The highest BCUT2D eigenvalue weighted by Crippen LogP contribution is 2.37. The first kappa shape index (κ1) is 19.0. The van der Waals surface area contributed by atoms with Gasteiger partial charge in [-0.15, -0.1) is 0 Å². The maximum absolute atomic E-state index is 13.1. The number of ether oxygens (including phenoxy) is 2. The second kappa shape index (κ2) is 9.22. The van der Waals surface area contributed by atoms with Crippen LogP contribution < -0.4 is 14.8 Å². The van der Waals surface area contributed by atoms with Gasteiger partial charge in [0.25, 0.3) is 0 Å². The van der Waals surface area contributed by atoms with Crippen LogP contribution in [0.4, 0.5) is 4.39 Å². The molecular formula is C17H18BrClFNO3. The van der Waals surface area contributed by atoms with E-state index in [1.165, 1.54) is 12.1 Å². The van der Waals surface area contributed by atoms with Crippen molar-refractivity contribution in [1.29, 1.82) is 0 Å². The zero-order valence-electron chi connectivity index (χ0n) is 13.1. The third kappa shape index (κ3) is 5.08. The molecule has 0 saturated heterocycles. The molecule has 0 aromatic heterocycles. The maximum atomic E-state index is 13.1. The van der Waals surface area contributed by atoms with Crippen LogP contribution in [0.3, 0.4) is 0 Å². The lowest BCUT2D eigenvalue weighted by atomic mass is 10.2. The van der Waals surface area contributed by atoms with Crippen LogP contribution in [0.2, 0.25) is 5.02 Å². The van der Waals surface area contributed by atoms with Crippen molar-refractivity contribution in [3.05, 3.63) is 56.8 Å². The van der Waals surface area contributed by atoms with E-state index in [2.05, 4.69) is 21.2 Å². The molecule has 0 fully saturated rings. The summed E-state index contributed by atoms with van der Waals surface area (Å²) < 4.78 is 25.0. The molecule has 2 aromatic rings. The van der Waals surface area contributed by atoms with Gasteiger partial charge in [-0.1, -0.05) is 17.7 Å². The number of nitrogens with one attached hydrogen (secondary N) is 1. The summed E-state index contributed by atoms with van der Waals surface area (Å²) in [4.78, 5) is 0. The fourth-order valence-electron chi connectivity index (χ4n) is 2.12. The molecule has 24 heavy (non-hydrogen) atoms. The van der Waals surface area contributed by atoms with E-state index in [4.69, 9.17) is 26.2 Å². The minimum absolute atomic E-state index is 0.0813. The van der Waals surface area contributed by atoms with Gasteiger partial charge in [0.1, 0.15) is 12.4 Å². The summed E-state index contributed by atoms with van der Waals surface area (Å²) in [6, 6.07) is 7.95. The molecule has 0 spiro atoms. The largest absolute Gasteiger partial charge is 0.493 e. The summed E-state index contributed by atoms with van der Waals surface area (Å²) >= 11 is 9.49. The molecule has 0 unspecified atom stereocenters. The van der Waals surface area contributed by atoms with Gasteiger partial charge in [-0.25, -0.2) is 4.39 Å². The Morgan fingerprint density at radius 1 is 1.29 bits per heavy atom. The van der Waals surface area contributed by atoms with Crippen LogP contribution >= 0.6 is 27.5 Å². The molecule has 7 heteroatoms. The molecule has 0 radical (unpaired) electrons. The summed E-state index contributed by atoms with van der Waals surface area (Å²) in [5, 5.41) is 12.2. The molecule has 0 aliphatic heterocycles. The van der Waals surface area contributed by atoms with Crippen molar-refractivity contribution in [1.82, 2.24) is 5.32 Å². The van der Waals surface area contributed by atoms with E-state index in [9.17, 15) is 4.39 Å². The summed E-state index contributed by atoms with van der Waals surface area (Å²) in [5.41, 5.74) is 1.67. The highest BCUT2D eigenvalue weighted by molar-refractivity contribution is 9.10. The maximum Gasteiger partial charge on any atom is 0.175 e. The van der Waals surface area contributed by atoms with E-state index in [1.807, 2.05) is 12.1 Å². The van der Waals surface area contributed by atoms with E-state index in [1.54, 1.807) is 13.2 Å². The van der Waals surface area contributed by atoms with Crippen LogP contribution in [0.15, 0.2) is 34.8 Å². The van der Waals surface area contributed by atoms with Crippen molar-refractivity contribution in [3.63, 3.8) is 0 Å². The summed E-state index contributed by atoms with van der Waals surface area (Å²) in [6.07, 6.45) is 0. The van der Waals surface area contributed by atoms with Crippen LogP contribution in [0, 0.1) is 5.82 Å². The van der Waals surface area contributed by atoms with Crippen molar-refractivity contribution >= 4 is 27.5 Å². The SMILES string of the molecule is COc1cc(CNCCO)cc(Br)c1OCc1ccc(F)cc1Cl. The average molecular weight is 419 g/mol. The molecule has 0 aliphatic carbocycles. The molecule has 0 bridgehead atoms. The number of benzene rings is 2. The first-order chi connectivity index (χ1) is 11.5. The monoisotopic (exact) mass is 417 g/mol. The smallest absolute Gasteiger partial charge is 0.175 e. The predicted molar refractivity (Wildman–Crippen MR) is 95.2 cm³/mol. The first-order valence-corrected chi connectivity index (χ1v) is 8.47. The Bertz CT molecular complexity index is 700. The number of hydrogen-bond donors (Lipinski definition) is 2. The number of rotatable bonds is 8. The van der Waals surface area contributed by atoms with Crippen LogP contribution in [0.5, 0.6) is 11.5 Å². The lowest BCUT2D eigenvalue weighted by molar-refractivity contribution is 0.282. The van der Waals surface area contributed by atoms with Gasteiger partial charge in [0, 0.05) is 18.7 Å². The summed E-state index contributed by atoms with van der Waals surface area (Å²) in [5.74, 6) is 0.731. The highest BCUT2D eigenvalue weighted by Gasteiger charge is 2.13. The molecule has 0 heterocycles. The molecule has 2 aromatic carbocycles. The Balaban J connectivity index is 2.14. The average Bonchev–Trinajstić information content (AvgIpc) is 2.55. The van der Waals surface area contributed by atoms with Gasteiger partial charge < -0.3 is 19.9 Å². The van der Waals surface area contributed by atoms with Gasteiger partial charge in [-0.05, 0) is 45.8 Å². The van der Waals surface area contributed by atoms with Crippen LogP contribution in [0.25, 0.3) is 0 Å². The molecule has 0 aliphatic rings. The third-order valence-corrected chi connectivity index (χ3v) is 4.23. The van der Waals surface area contributed by atoms with Crippen molar-refractivity contribution in [2.45, 2.75) is 13.2 Å². The second-order valence-corrected chi connectivity index (χ2v) is 6.30. The third-order valence-electron chi connectivity index (χ3n) is 3.29. The van der Waals surface area contributed by atoms with Gasteiger partial charge in [-0.3, -0.25) is 0 Å². The standard InChI is InChI=1S/C17H18BrClFNO3/c1-23-16-7-11(9-21-4-5-22)6-14(18)17(16)24-10-12-2-3-13(20)8-15(12)19/h2-3,6-8,21-22H,4-5,9-10H2,1H3. The van der Waals surface area contributed by atoms with E-state index in [-0.39, 0.29) is 19.0 Å². The van der Waals surface area contributed by atoms with Crippen LogP contribution in [-0.2, 0) is 13.2 Å². The first-order valence-electron chi connectivity index (χ1n) is 7.30. The van der Waals surface area contributed by atoms with Crippen molar-refractivity contribution < 1.29 is 19.0 Å². The fourth-order valence-corrected chi connectivity index (χ4v) is 2.94. The molecule has 4 nitrogen and oxygen atoms in total. The molecule has 2 N–H and O–H groups in total. The van der Waals surface area contributed by atoms with Gasteiger partial charge in [-0.2, -0.15) is 0 Å². The van der Waals surface area contributed by atoms with Gasteiger partial charge in [0.2, 0.25) is 0 Å². The lowest BCUT2D eigenvalue weighted by Crippen LogP contribution is -2.17. The Morgan fingerprint density at radius 3 is 2.75 bits per heavy atom. The lowest BCUT2D eigenvalue weighted by Gasteiger charge is -2.15. The molecule has 130 valence electrons. The molecule has 0 atom stereocenters. The molecule has 0 saturated carbocycles. The highest BCUT2D eigenvalue weighted by atomic mass is 79.9. The quantitative estimate of drug-likeness (QED) is 0.638. The van der Waals surface area contributed by atoms with Gasteiger partial charge in [0.15, 0.2) is 11.5 Å². The Morgan fingerprint density at radius 2 is 2.08 bits per heavy atom. The van der Waals surface area contributed by atoms with Crippen LogP contribution in [-0.4, -0.2) is 25.4 Å². The number of hydrogen-bond acceptors (Lipinski definition) is 4. The van der Waals surface area contributed by atoms with Crippen molar-refractivity contribution in [3.8, 4) is 11.5 Å². The van der Waals surface area contributed by atoms with E-state index < -0.39 is 0 Å². The van der Waals surface area contributed by atoms with Gasteiger partial charge >= 0.3 is 0 Å². The summed E-state index contributed by atoms with van der Waals surface area (Å²) in [7, 11) is 1.56. The minimum atomic E-state index is -0.387. The minimum Gasteiger partial charge on any atom is -0.493 e. The topological polar surface area (TPSA) is 50.7 Å². The fraction of sp³-hybridized carbons (Fsp3) is 0.294. The zero-order chi connectivity index (χ0) is 17.5. The van der Waals surface area contributed by atoms with E-state index in [0.717, 1.165) is 10.0 Å². The number of methoxy groups -OCH3 is 1. The van der Waals surface area contributed by atoms with Crippen molar-refractivity contribution in [2.75, 3.05) is 20.3 Å². The Kier molecular flexibility index (Phi) is 7.30. The Labute approximate surface area is 153 Å². The normalized spacial score (nSPS) is 10.7. The number of halogens is 3. The predicted octanol–water partition coefficient (Wildman–Crippen LogP) is 3.91. The Hall–Kier alpha value is -1.34.